The summed E-state index contributed by atoms with van der Waals surface area (Å²) < 4.78 is 5.14. The molecule has 2 aromatic rings. The third kappa shape index (κ3) is 2.85. The van der Waals surface area contributed by atoms with E-state index in [0.717, 1.165) is 17.0 Å². The molecule has 19 heavy (non-hydrogen) atoms. The van der Waals surface area contributed by atoms with Crippen LogP contribution in [0, 0.1) is 6.92 Å². The van der Waals surface area contributed by atoms with Gasteiger partial charge in [0.15, 0.2) is 0 Å². The first-order valence-corrected chi connectivity index (χ1v) is 5.86. The van der Waals surface area contributed by atoms with E-state index < -0.39 is 5.97 Å². The van der Waals surface area contributed by atoms with Gasteiger partial charge in [-0.3, -0.25) is 0 Å². The SMILES string of the molecule is COc1ccc(Nc2ccccc2C(=O)O)c(C)c1. The Hall–Kier alpha value is -2.49. The Balaban J connectivity index is 2.34. The van der Waals surface area contributed by atoms with E-state index in [-0.39, 0.29) is 5.56 Å². The Morgan fingerprint density at radius 2 is 1.89 bits per heavy atom. The van der Waals surface area contributed by atoms with Gasteiger partial charge in [0.1, 0.15) is 5.75 Å². The number of carbonyl (C=O) groups is 1. The monoisotopic (exact) mass is 257 g/mol. The number of carboxylic acid groups (broad SMARTS) is 1. The van der Waals surface area contributed by atoms with Crippen LogP contribution in [0.15, 0.2) is 42.5 Å². The fourth-order valence-electron chi connectivity index (χ4n) is 1.83. The van der Waals surface area contributed by atoms with Crippen LogP contribution >= 0.6 is 0 Å². The highest BCUT2D eigenvalue weighted by Gasteiger charge is 2.10. The molecule has 0 aromatic heterocycles. The molecule has 2 aromatic carbocycles. The van der Waals surface area contributed by atoms with Crippen molar-refractivity contribution >= 4 is 17.3 Å². The number of methoxy groups -OCH3 is 1. The lowest BCUT2D eigenvalue weighted by Gasteiger charge is -2.12. The van der Waals surface area contributed by atoms with Gasteiger partial charge in [-0.1, -0.05) is 12.1 Å². The molecule has 2 rings (SSSR count). The van der Waals surface area contributed by atoms with Crippen LogP contribution in [0.1, 0.15) is 15.9 Å². The third-order valence-corrected chi connectivity index (χ3v) is 2.86. The maximum atomic E-state index is 11.1. The number of carboxylic acids is 1. The first-order valence-electron chi connectivity index (χ1n) is 5.86. The molecule has 0 aliphatic rings. The van der Waals surface area contributed by atoms with E-state index in [1.54, 1.807) is 31.4 Å². The van der Waals surface area contributed by atoms with Gasteiger partial charge in [-0.2, -0.15) is 0 Å². The summed E-state index contributed by atoms with van der Waals surface area (Å²) in [4.78, 5) is 11.1. The number of hydrogen-bond donors (Lipinski definition) is 2. The van der Waals surface area contributed by atoms with Crippen molar-refractivity contribution in [1.29, 1.82) is 0 Å². The van der Waals surface area contributed by atoms with E-state index in [2.05, 4.69) is 5.32 Å². The minimum atomic E-state index is -0.950. The molecular formula is C15H15NO3. The normalized spacial score (nSPS) is 10.0. The lowest BCUT2D eigenvalue weighted by atomic mass is 10.1. The van der Waals surface area contributed by atoms with E-state index in [1.165, 1.54) is 0 Å². The zero-order valence-corrected chi connectivity index (χ0v) is 10.8. The van der Waals surface area contributed by atoms with Crippen molar-refractivity contribution in [2.24, 2.45) is 0 Å². The van der Waals surface area contributed by atoms with E-state index in [4.69, 9.17) is 9.84 Å². The van der Waals surface area contributed by atoms with Crippen molar-refractivity contribution in [1.82, 2.24) is 0 Å². The van der Waals surface area contributed by atoms with Crippen molar-refractivity contribution in [2.45, 2.75) is 6.92 Å². The Kier molecular flexibility index (Phi) is 3.71. The predicted molar refractivity (Wildman–Crippen MR) is 74.4 cm³/mol. The Labute approximate surface area is 111 Å². The second-order valence-corrected chi connectivity index (χ2v) is 4.16. The molecule has 0 radical (unpaired) electrons. The largest absolute Gasteiger partial charge is 0.497 e. The summed E-state index contributed by atoms with van der Waals surface area (Å²) in [7, 11) is 1.61. The van der Waals surface area contributed by atoms with Gasteiger partial charge in [-0.15, -0.1) is 0 Å². The highest BCUT2D eigenvalue weighted by molar-refractivity contribution is 5.95. The highest BCUT2D eigenvalue weighted by atomic mass is 16.5. The fraction of sp³-hybridized carbons (Fsp3) is 0.133. The number of ether oxygens (including phenoxy) is 1. The van der Waals surface area contributed by atoms with Gasteiger partial charge in [0, 0.05) is 5.69 Å². The van der Waals surface area contributed by atoms with Crippen LogP contribution < -0.4 is 10.1 Å². The average Bonchev–Trinajstić information content (AvgIpc) is 2.41. The molecule has 0 atom stereocenters. The van der Waals surface area contributed by atoms with Crippen molar-refractivity contribution in [3.8, 4) is 5.75 Å². The van der Waals surface area contributed by atoms with Crippen molar-refractivity contribution < 1.29 is 14.6 Å². The average molecular weight is 257 g/mol. The number of benzene rings is 2. The summed E-state index contributed by atoms with van der Waals surface area (Å²) in [6, 6.07) is 12.4. The zero-order valence-electron chi connectivity index (χ0n) is 10.8. The third-order valence-electron chi connectivity index (χ3n) is 2.86. The van der Waals surface area contributed by atoms with Crippen LogP contribution in [-0.4, -0.2) is 18.2 Å². The van der Waals surface area contributed by atoms with Gasteiger partial charge in [0.2, 0.25) is 0 Å². The number of para-hydroxylation sites is 1. The number of aryl methyl sites for hydroxylation is 1. The van der Waals surface area contributed by atoms with Gasteiger partial charge in [-0.25, -0.2) is 4.79 Å². The minimum Gasteiger partial charge on any atom is -0.497 e. The summed E-state index contributed by atoms with van der Waals surface area (Å²) in [5.41, 5.74) is 2.66. The molecule has 98 valence electrons. The molecule has 4 nitrogen and oxygen atoms in total. The fourth-order valence-corrected chi connectivity index (χ4v) is 1.83. The van der Waals surface area contributed by atoms with E-state index >= 15 is 0 Å². The van der Waals surface area contributed by atoms with E-state index in [9.17, 15) is 4.79 Å². The molecule has 0 aliphatic heterocycles. The van der Waals surface area contributed by atoms with Crippen molar-refractivity contribution in [3.63, 3.8) is 0 Å². The molecule has 0 aliphatic carbocycles. The second-order valence-electron chi connectivity index (χ2n) is 4.16. The van der Waals surface area contributed by atoms with Crippen LogP contribution in [0.3, 0.4) is 0 Å². The summed E-state index contributed by atoms with van der Waals surface area (Å²) in [6.45, 7) is 1.94. The Morgan fingerprint density at radius 3 is 2.53 bits per heavy atom. The van der Waals surface area contributed by atoms with Gasteiger partial charge in [0.25, 0.3) is 0 Å². The Morgan fingerprint density at radius 1 is 1.16 bits per heavy atom. The predicted octanol–water partition coefficient (Wildman–Crippen LogP) is 3.45. The number of hydrogen-bond acceptors (Lipinski definition) is 3. The zero-order chi connectivity index (χ0) is 13.8. The van der Waals surface area contributed by atoms with Gasteiger partial charge in [0.05, 0.1) is 18.4 Å². The first kappa shape index (κ1) is 13.0. The lowest BCUT2D eigenvalue weighted by molar-refractivity contribution is 0.0698. The summed E-state index contributed by atoms with van der Waals surface area (Å²) in [5, 5.41) is 12.3. The molecule has 0 saturated heterocycles. The highest BCUT2D eigenvalue weighted by Crippen LogP contribution is 2.26. The van der Waals surface area contributed by atoms with E-state index in [1.807, 2.05) is 25.1 Å². The summed E-state index contributed by atoms with van der Waals surface area (Å²) in [6.07, 6.45) is 0. The molecule has 0 amide bonds. The summed E-state index contributed by atoms with van der Waals surface area (Å²) in [5.74, 6) is -0.177. The lowest BCUT2D eigenvalue weighted by Crippen LogP contribution is -2.03. The topological polar surface area (TPSA) is 58.6 Å². The molecule has 0 unspecified atom stereocenters. The Bertz CT molecular complexity index is 608. The molecular weight excluding hydrogens is 242 g/mol. The smallest absolute Gasteiger partial charge is 0.337 e. The quantitative estimate of drug-likeness (QED) is 0.880. The number of aromatic carboxylic acids is 1. The molecule has 0 heterocycles. The molecule has 0 spiro atoms. The maximum absolute atomic E-state index is 11.1. The standard InChI is InChI=1S/C15H15NO3/c1-10-9-11(19-2)7-8-13(10)16-14-6-4-3-5-12(14)15(17)18/h3-9,16H,1-2H3,(H,17,18). The minimum absolute atomic E-state index is 0.248. The second kappa shape index (κ2) is 5.44. The van der Waals surface area contributed by atoms with Crippen molar-refractivity contribution in [3.05, 3.63) is 53.6 Å². The van der Waals surface area contributed by atoms with Gasteiger partial charge in [-0.05, 0) is 42.8 Å². The van der Waals surface area contributed by atoms with Crippen LogP contribution in [0.2, 0.25) is 0 Å². The van der Waals surface area contributed by atoms with Crippen LogP contribution in [0.25, 0.3) is 0 Å². The van der Waals surface area contributed by atoms with Gasteiger partial charge < -0.3 is 15.2 Å². The number of rotatable bonds is 4. The van der Waals surface area contributed by atoms with Crippen LogP contribution in [0.5, 0.6) is 5.75 Å². The van der Waals surface area contributed by atoms with Gasteiger partial charge >= 0.3 is 5.97 Å². The number of anilines is 2. The molecule has 2 N–H and O–H groups in total. The first-order chi connectivity index (χ1) is 9.11. The van der Waals surface area contributed by atoms with Crippen molar-refractivity contribution in [2.75, 3.05) is 12.4 Å². The van der Waals surface area contributed by atoms with Crippen LogP contribution in [0.4, 0.5) is 11.4 Å². The van der Waals surface area contributed by atoms with E-state index in [0.29, 0.717) is 5.69 Å². The number of nitrogens with one attached hydrogen (secondary N) is 1. The van der Waals surface area contributed by atoms with Crippen LogP contribution in [-0.2, 0) is 0 Å². The molecule has 0 fully saturated rings. The molecule has 4 heteroatoms. The molecule has 0 saturated carbocycles. The maximum Gasteiger partial charge on any atom is 0.337 e. The molecule has 0 bridgehead atoms. The summed E-state index contributed by atoms with van der Waals surface area (Å²) >= 11 is 0.